The number of pyridine rings is 1. The second-order valence-corrected chi connectivity index (χ2v) is 7.40. The van der Waals surface area contributed by atoms with Crippen molar-refractivity contribution in [1.82, 2.24) is 15.2 Å². The topological polar surface area (TPSA) is 85.3 Å². The van der Waals surface area contributed by atoms with Gasteiger partial charge in [0.2, 0.25) is 5.88 Å². The minimum Gasteiger partial charge on any atom is -0.490 e. The Hall–Kier alpha value is -2.56. The second-order valence-electron chi connectivity index (χ2n) is 7.40. The number of nitrogens with zero attached hydrogens (tertiary/aromatic N) is 3. The van der Waals surface area contributed by atoms with Crippen LogP contribution < -0.4 is 14.8 Å². The largest absolute Gasteiger partial charge is 0.490 e. The van der Waals surface area contributed by atoms with Crippen molar-refractivity contribution in [2.75, 3.05) is 33.4 Å². The molecule has 0 radical (unpaired) electrons. The van der Waals surface area contributed by atoms with Crippen molar-refractivity contribution in [3.05, 3.63) is 48.2 Å². The molecule has 9 heteroatoms. The molecule has 180 valence electrons. The van der Waals surface area contributed by atoms with Crippen molar-refractivity contribution in [1.29, 1.82) is 0 Å². The Morgan fingerprint density at radius 2 is 1.85 bits per heavy atom. The molecule has 1 N–H and O–H groups in total. The highest BCUT2D eigenvalue weighted by atomic mass is 127. The van der Waals surface area contributed by atoms with E-state index >= 15 is 0 Å². The number of carbonyl (C=O) groups excluding carboxylic acids is 1. The van der Waals surface area contributed by atoms with Crippen molar-refractivity contribution < 1.29 is 19.0 Å². The summed E-state index contributed by atoms with van der Waals surface area (Å²) < 4.78 is 16.6. The van der Waals surface area contributed by atoms with E-state index in [0.717, 1.165) is 37.5 Å². The molecule has 0 atom stereocenters. The zero-order chi connectivity index (χ0) is 22.8. The summed E-state index contributed by atoms with van der Waals surface area (Å²) in [6.45, 7) is 6.91. The summed E-state index contributed by atoms with van der Waals surface area (Å²) in [5.41, 5.74) is 1.01. The van der Waals surface area contributed by atoms with E-state index in [-0.39, 0.29) is 35.9 Å². The summed E-state index contributed by atoms with van der Waals surface area (Å²) in [6.07, 6.45) is 3.33. The number of aliphatic imine (C=N–C) groups is 1. The number of benzene rings is 1. The summed E-state index contributed by atoms with van der Waals surface area (Å²) in [7, 11) is 1.77. The Labute approximate surface area is 212 Å². The van der Waals surface area contributed by atoms with Gasteiger partial charge in [0, 0.05) is 38.9 Å². The number of likely N-dealkylation sites (tertiary alicyclic amines) is 1. The van der Waals surface area contributed by atoms with E-state index in [1.54, 1.807) is 13.2 Å². The van der Waals surface area contributed by atoms with Gasteiger partial charge in [-0.3, -0.25) is 9.79 Å². The minimum atomic E-state index is -0.0904. The summed E-state index contributed by atoms with van der Waals surface area (Å²) in [5, 5.41) is 3.38. The molecule has 0 saturated carbocycles. The summed E-state index contributed by atoms with van der Waals surface area (Å²) in [4.78, 5) is 22.9. The lowest BCUT2D eigenvalue weighted by molar-refractivity contribution is -0.149. The monoisotopic (exact) mass is 568 g/mol. The molecular weight excluding hydrogens is 535 g/mol. The molecule has 1 fully saturated rings. The van der Waals surface area contributed by atoms with Crippen LogP contribution in [0.5, 0.6) is 17.4 Å². The maximum absolute atomic E-state index is 11.9. The van der Waals surface area contributed by atoms with E-state index < -0.39 is 0 Å². The molecular formula is C24H33IN4O4. The SMILES string of the molecule is CCOC(=O)C1CCN(C(=NC)NCc2ccc(Oc3ccccc3OCC)nc2)CC1.I. The molecule has 0 spiro atoms. The predicted molar refractivity (Wildman–Crippen MR) is 138 cm³/mol. The molecule has 33 heavy (non-hydrogen) atoms. The number of carbonyl (C=O) groups is 1. The van der Waals surface area contributed by atoms with Crippen LogP contribution in [0.25, 0.3) is 0 Å². The second kappa shape index (κ2) is 13.9. The molecule has 1 aromatic carbocycles. The lowest BCUT2D eigenvalue weighted by Crippen LogP contribution is -2.46. The van der Waals surface area contributed by atoms with Crippen LogP contribution in [0.1, 0.15) is 32.3 Å². The maximum atomic E-state index is 11.9. The first-order chi connectivity index (χ1) is 15.6. The van der Waals surface area contributed by atoms with Gasteiger partial charge in [0.1, 0.15) is 0 Å². The van der Waals surface area contributed by atoms with Crippen LogP contribution in [0.2, 0.25) is 0 Å². The smallest absolute Gasteiger partial charge is 0.309 e. The number of hydrogen-bond acceptors (Lipinski definition) is 6. The molecule has 0 amide bonds. The summed E-state index contributed by atoms with van der Waals surface area (Å²) in [6, 6.07) is 11.4. The standard InChI is InChI=1S/C24H32N4O4.HI/c1-4-30-20-8-6-7-9-21(20)32-22-11-10-18(16-26-22)17-27-24(25-3)28-14-12-19(13-15-28)23(29)31-5-2;/h6-11,16,19H,4-5,12-15,17H2,1-3H3,(H,25,27);1H. The fourth-order valence-corrected chi connectivity index (χ4v) is 3.60. The Balaban J connectivity index is 0.00000385. The summed E-state index contributed by atoms with van der Waals surface area (Å²) >= 11 is 0. The van der Waals surface area contributed by atoms with Gasteiger partial charge in [-0.15, -0.1) is 24.0 Å². The number of nitrogens with one attached hydrogen (secondary N) is 1. The Bertz CT molecular complexity index is 900. The third-order valence-corrected chi connectivity index (χ3v) is 5.24. The van der Waals surface area contributed by atoms with Crippen molar-refractivity contribution in [2.24, 2.45) is 10.9 Å². The average molecular weight is 568 g/mol. The van der Waals surface area contributed by atoms with Crippen LogP contribution in [-0.2, 0) is 16.1 Å². The predicted octanol–water partition coefficient (Wildman–Crippen LogP) is 4.24. The van der Waals surface area contributed by atoms with Gasteiger partial charge in [0.05, 0.1) is 19.1 Å². The van der Waals surface area contributed by atoms with E-state index in [1.807, 2.05) is 50.2 Å². The van der Waals surface area contributed by atoms with Crippen molar-refractivity contribution >= 4 is 35.9 Å². The molecule has 1 aromatic heterocycles. The highest BCUT2D eigenvalue weighted by Gasteiger charge is 2.27. The molecule has 0 unspecified atom stereocenters. The number of aromatic nitrogens is 1. The number of guanidine groups is 1. The van der Waals surface area contributed by atoms with Crippen molar-refractivity contribution in [3.63, 3.8) is 0 Å². The van der Waals surface area contributed by atoms with Gasteiger partial charge < -0.3 is 24.4 Å². The lowest BCUT2D eigenvalue weighted by atomic mass is 9.97. The molecule has 3 rings (SSSR count). The Morgan fingerprint density at radius 3 is 2.45 bits per heavy atom. The minimum absolute atomic E-state index is 0. The van der Waals surface area contributed by atoms with Gasteiger partial charge in [-0.25, -0.2) is 4.98 Å². The van der Waals surface area contributed by atoms with Crippen LogP contribution in [0.4, 0.5) is 0 Å². The van der Waals surface area contributed by atoms with Gasteiger partial charge in [0.25, 0.3) is 0 Å². The van der Waals surface area contributed by atoms with Gasteiger partial charge in [-0.05, 0) is 44.4 Å². The fourth-order valence-electron chi connectivity index (χ4n) is 3.60. The van der Waals surface area contributed by atoms with E-state index in [1.165, 1.54) is 0 Å². The first kappa shape index (κ1) is 26.7. The number of rotatable bonds is 8. The van der Waals surface area contributed by atoms with Gasteiger partial charge in [-0.1, -0.05) is 18.2 Å². The number of para-hydroxylation sites is 2. The quantitative estimate of drug-likeness (QED) is 0.221. The number of hydrogen-bond donors (Lipinski definition) is 1. The molecule has 0 bridgehead atoms. The van der Waals surface area contributed by atoms with E-state index in [2.05, 4.69) is 20.2 Å². The number of ether oxygens (including phenoxy) is 3. The molecule has 8 nitrogen and oxygen atoms in total. The van der Waals surface area contributed by atoms with Crippen LogP contribution in [0.3, 0.4) is 0 Å². The van der Waals surface area contributed by atoms with Gasteiger partial charge in [0.15, 0.2) is 17.5 Å². The average Bonchev–Trinajstić information content (AvgIpc) is 2.82. The van der Waals surface area contributed by atoms with Crippen LogP contribution in [-0.4, -0.2) is 55.2 Å². The Morgan fingerprint density at radius 1 is 1.12 bits per heavy atom. The normalized spacial score (nSPS) is 14.3. The van der Waals surface area contributed by atoms with Crippen LogP contribution >= 0.6 is 24.0 Å². The van der Waals surface area contributed by atoms with Gasteiger partial charge >= 0.3 is 5.97 Å². The first-order valence-corrected chi connectivity index (χ1v) is 11.1. The first-order valence-electron chi connectivity index (χ1n) is 11.1. The van der Waals surface area contributed by atoms with Crippen molar-refractivity contribution in [2.45, 2.75) is 33.2 Å². The molecule has 1 aliphatic rings. The van der Waals surface area contributed by atoms with Crippen molar-refractivity contribution in [3.8, 4) is 17.4 Å². The maximum Gasteiger partial charge on any atom is 0.309 e. The zero-order valence-electron chi connectivity index (χ0n) is 19.5. The lowest BCUT2D eigenvalue weighted by Gasteiger charge is -2.33. The Kier molecular flexibility index (Phi) is 11.2. The molecule has 1 aliphatic heterocycles. The third-order valence-electron chi connectivity index (χ3n) is 5.24. The van der Waals surface area contributed by atoms with E-state index in [4.69, 9.17) is 14.2 Å². The van der Waals surface area contributed by atoms with Gasteiger partial charge in [-0.2, -0.15) is 0 Å². The highest BCUT2D eigenvalue weighted by Crippen LogP contribution is 2.30. The molecule has 2 heterocycles. The molecule has 2 aromatic rings. The van der Waals surface area contributed by atoms with E-state index in [9.17, 15) is 4.79 Å². The number of halogens is 1. The number of esters is 1. The zero-order valence-corrected chi connectivity index (χ0v) is 21.8. The summed E-state index contributed by atoms with van der Waals surface area (Å²) in [5.74, 6) is 2.54. The molecule has 0 aliphatic carbocycles. The van der Waals surface area contributed by atoms with Crippen LogP contribution in [0.15, 0.2) is 47.6 Å². The number of piperidine rings is 1. The third kappa shape index (κ3) is 7.76. The highest BCUT2D eigenvalue weighted by molar-refractivity contribution is 14.0. The molecule has 1 saturated heterocycles. The fraction of sp³-hybridized carbons (Fsp3) is 0.458. The van der Waals surface area contributed by atoms with E-state index in [0.29, 0.717) is 37.1 Å². The van der Waals surface area contributed by atoms with Crippen LogP contribution in [0, 0.1) is 5.92 Å².